The largest absolute Gasteiger partial charge is 0.332 e. The molecule has 1 aromatic carbocycles. The number of imidazole rings is 1. The van der Waals surface area contributed by atoms with E-state index in [-0.39, 0.29) is 5.56 Å². The molecule has 0 radical (unpaired) electrons. The smallest absolute Gasteiger partial charge is 0.320 e. The molecule has 8 heteroatoms. The van der Waals surface area contributed by atoms with Crippen molar-refractivity contribution >= 4 is 33.7 Å². The molecule has 0 atom stereocenters. The lowest BCUT2D eigenvalue weighted by molar-refractivity contribution is 0.702. The van der Waals surface area contributed by atoms with Gasteiger partial charge in [-0.15, -0.1) is 0 Å². The van der Waals surface area contributed by atoms with Gasteiger partial charge < -0.3 is 4.57 Å². The number of hydrogen-bond acceptors (Lipinski definition) is 4. The maximum atomic E-state index is 12.5. The number of aromatic nitrogens is 5. The number of para-hydroxylation sites is 1. The Labute approximate surface area is 146 Å². The van der Waals surface area contributed by atoms with Crippen molar-refractivity contribution in [3.8, 4) is 0 Å². The first-order valence-corrected chi connectivity index (χ1v) is 8.00. The number of aryl methyl sites for hydroxylation is 1. The van der Waals surface area contributed by atoms with Crippen LogP contribution in [0.15, 0.2) is 46.2 Å². The zero-order valence-electron chi connectivity index (χ0n) is 13.6. The summed E-state index contributed by atoms with van der Waals surface area (Å²) in [6, 6.07) is 9.63. The van der Waals surface area contributed by atoms with Gasteiger partial charge in [-0.25, -0.2) is 14.8 Å². The summed E-state index contributed by atoms with van der Waals surface area (Å²) in [5.74, 6) is 0. The lowest BCUT2D eigenvalue weighted by Crippen LogP contribution is -2.37. The van der Waals surface area contributed by atoms with Gasteiger partial charge in [0.1, 0.15) is 5.15 Å². The van der Waals surface area contributed by atoms with Gasteiger partial charge in [0.05, 0.1) is 18.4 Å². The average molecular weight is 356 g/mol. The van der Waals surface area contributed by atoms with Crippen LogP contribution in [0.3, 0.4) is 0 Å². The van der Waals surface area contributed by atoms with E-state index in [0.717, 1.165) is 21.0 Å². The molecule has 126 valence electrons. The number of nitrogens with zero attached hydrogens (tertiary/aromatic N) is 5. The molecule has 4 rings (SSSR count). The Hall–Kier alpha value is -2.93. The second-order valence-corrected chi connectivity index (χ2v) is 6.24. The summed E-state index contributed by atoms with van der Waals surface area (Å²) in [5, 5.41) is 1.34. The topological polar surface area (TPSA) is 74.7 Å². The summed E-state index contributed by atoms with van der Waals surface area (Å²) in [4.78, 5) is 33.1. The number of rotatable bonds is 2. The quantitative estimate of drug-likeness (QED) is 0.513. The van der Waals surface area contributed by atoms with E-state index < -0.39 is 5.69 Å². The SMILES string of the molecule is Cn1c(=O)c2c(ncn2Cc2cc3ccccc3nc2Cl)n(C)c1=O. The van der Waals surface area contributed by atoms with Crippen molar-refractivity contribution in [2.24, 2.45) is 14.1 Å². The van der Waals surface area contributed by atoms with Crippen LogP contribution >= 0.6 is 11.6 Å². The van der Waals surface area contributed by atoms with Crippen LogP contribution in [0.25, 0.3) is 22.1 Å². The fourth-order valence-electron chi connectivity index (χ4n) is 2.95. The van der Waals surface area contributed by atoms with Gasteiger partial charge in [0, 0.05) is 25.0 Å². The summed E-state index contributed by atoms with van der Waals surface area (Å²) in [7, 11) is 3.04. The molecule has 0 amide bonds. The highest BCUT2D eigenvalue weighted by Crippen LogP contribution is 2.22. The number of pyridine rings is 1. The highest BCUT2D eigenvalue weighted by molar-refractivity contribution is 6.30. The normalized spacial score (nSPS) is 11.5. The molecule has 25 heavy (non-hydrogen) atoms. The number of fused-ring (bicyclic) bond motifs is 2. The van der Waals surface area contributed by atoms with Gasteiger partial charge in [-0.3, -0.25) is 13.9 Å². The van der Waals surface area contributed by atoms with Crippen LogP contribution in [0.2, 0.25) is 5.15 Å². The van der Waals surface area contributed by atoms with E-state index in [0.29, 0.717) is 22.9 Å². The molecule has 3 heterocycles. The first-order valence-electron chi connectivity index (χ1n) is 7.62. The maximum absolute atomic E-state index is 12.5. The van der Waals surface area contributed by atoms with Crippen molar-refractivity contribution in [1.29, 1.82) is 0 Å². The van der Waals surface area contributed by atoms with Crippen molar-refractivity contribution in [3.63, 3.8) is 0 Å². The van der Waals surface area contributed by atoms with Crippen molar-refractivity contribution in [2.45, 2.75) is 6.54 Å². The molecule has 3 aromatic heterocycles. The van der Waals surface area contributed by atoms with E-state index >= 15 is 0 Å². The first kappa shape index (κ1) is 15.6. The maximum Gasteiger partial charge on any atom is 0.332 e. The van der Waals surface area contributed by atoms with Gasteiger partial charge in [-0.2, -0.15) is 0 Å². The van der Waals surface area contributed by atoms with Gasteiger partial charge in [0.15, 0.2) is 11.2 Å². The minimum atomic E-state index is -0.409. The lowest BCUT2D eigenvalue weighted by atomic mass is 10.1. The number of hydrogen-bond donors (Lipinski definition) is 0. The van der Waals surface area contributed by atoms with E-state index in [9.17, 15) is 9.59 Å². The molecule has 0 N–H and O–H groups in total. The Morgan fingerprint density at radius 1 is 1.12 bits per heavy atom. The molecule has 0 aliphatic carbocycles. The fraction of sp³-hybridized carbons (Fsp3) is 0.176. The molecule has 0 saturated heterocycles. The van der Waals surface area contributed by atoms with Crippen LogP contribution in [-0.4, -0.2) is 23.7 Å². The Balaban J connectivity index is 1.91. The average Bonchev–Trinajstić information content (AvgIpc) is 3.02. The van der Waals surface area contributed by atoms with Crippen molar-refractivity contribution < 1.29 is 0 Å². The van der Waals surface area contributed by atoms with Crippen LogP contribution in [0.1, 0.15) is 5.56 Å². The second kappa shape index (κ2) is 5.56. The minimum absolute atomic E-state index is 0.334. The zero-order chi connectivity index (χ0) is 17.7. The number of halogens is 1. The standard InChI is InChI=1S/C17H14ClN5O2/c1-21-15-13(16(24)22(2)17(21)25)23(9-19-15)8-11-7-10-5-3-4-6-12(10)20-14(11)18/h3-7,9H,8H2,1-2H3. The third-order valence-corrected chi connectivity index (χ3v) is 4.64. The van der Waals surface area contributed by atoms with Gasteiger partial charge in [-0.05, 0) is 12.1 Å². The van der Waals surface area contributed by atoms with Crippen LogP contribution in [0.5, 0.6) is 0 Å². The van der Waals surface area contributed by atoms with Gasteiger partial charge >= 0.3 is 5.69 Å². The first-order chi connectivity index (χ1) is 12.0. The summed E-state index contributed by atoms with van der Waals surface area (Å²) < 4.78 is 4.11. The Bertz CT molecular complexity index is 1250. The third kappa shape index (κ3) is 2.35. The van der Waals surface area contributed by atoms with Crippen LogP contribution < -0.4 is 11.2 Å². The van der Waals surface area contributed by atoms with E-state index in [1.807, 2.05) is 30.3 Å². The molecule has 0 bridgehead atoms. The molecule has 0 unspecified atom stereocenters. The molecule has 0 aliphatic heterocycles. The second-order valence-electron chi connectivity index (χ2n) is 5.88. The predicted octanol–water partition coefficient (Wildman–Crippen LogP) is 1.68. The molecule has 7 nitrogen and oxygen atoms in total. The van der Waals surface area contributed by atoms with E-state index in [1.165, 1.54) is 17.9 Å². The molecular formula is C17H14ClN5O2. The van der Waals surface area contributed by atoms with E-state index in [1.54, 1.807) is 11.6 Å². The van der Waals surface area contributed by atoms with Gasteiger partial charge in [-0.1, -0.05) is 29.8 Å². The Morgan fingerprint density at radius 2 is 1.88 bits per heavy atom. The highest BCUT2D eigenvalue weighted by Gasteiger charge is 2.15. The Morgan fingerprint density at radius 3 is 2.68 bits per heavy atom. The lowest BCUT2D eigenvalue weighted by Gasteiger charge is -2.09. The highest BCUT2D eigenvalue weighted by atomic mass is 35.5. The fourth-order valence-corrected chi connectivity index (χ4v) is 3.15. The van der Waals surface area contributed by atoms with Gasteiger partial charge in [0.2, 0.25) is 0 Å². The predicted molar refractivity (Wildman–Crippen MR) is 96.1 cm³/mol. The zero-order valence-corrected chi connectivity index (χ0v) is 14.4. The minimum Gasteiger partial charge on any atom is -0.320 e. The van der Waals surface area contributed by atoms with Crippen molar-refractivity contribution in [1.82, 2.24) is 23.7 Å². The van der Waals surface area contributed by atoms with Crippen LogP contribution in [0.4, 0.5) is 0 Å². The van der Waals surface area contributed by atoms with Crippen LogP contribution in [-0.2, 0) is 20.6 Å². The monoisotopic (exact) mass is 355 g/mol. The molecular weight excluding hydrogens is 342 g/mol. The molecule has 4 aromatic rings. The van der Waals surface area contributed by atoms with E-state index in [2.05, 4.69) is 9.97 Å². The molecule has 0 fully saturated rings. The van der Waals surface area contributed by atoms with Crippen LogP contribution in [0, 0.1) is 0 Å². The third-order valence-electron chi connectivity index (χ3n) is 4.31. The number of benzene rings is 1. The van der Waals surface area contributed by atoms with Gasteiger partial charge in [0.25, 0.3) is 5.56 Å². The Kier molecular flexibility index (Phi) is 3.47. The molecule has 0 aliphatic rings. The summed E-state index contributed by atoms with van der Waals surface area (Å²) in [6.07, 6.45) is 1.54. The van der Waals surface area contributed by atoms with Crippen molar-refractivity contribution in [3.05, 3.63) is 68.2 Å². The summed E-state index contributed by atoms with van der Waals surface area (Å²) in [6.45, 7) is 0.334. The summed E-state index contributed by atoms with van der Waals surface area (Å²) in [5.41, 5.74) is 1.49. The van der Waals surface area contributed by atoms with Crippen molar-refractivity contribution in [2.75, 3.05) is 0 Å². The van der Waals surface area contributed by atoms with E-state index in [4.69, 9.17) is 11.6 Å². The molecule has 0 saturated carbocycles. The summed E-state index contributed by atoms with van der Waals surface area (Å²) >= 11 is 6.32. The molecule has 0 spiro atoms.